The van der Waals surface area contributed by atoms with Crippen molar-refractivity contribution in [1.82, 2.24) is 10.2 Å². The van der Waals surface area contributed by atoms with E-state index >= 15 is 0 Å². The van der Waals surface area contributed by atoms with Gasteiger partial charge in [0.15, 0.2) is 5.60 Å². The molecule has 4 rings (SSSR count). The van der Waals surface area contributed by atoms with Crippen LogP contribution in [0.3, 0.4) is 0 Å². The number of carbonyl (C=O) groups is 4. The van der Waals surface area contributed by atoms with E-state index in [4.69, 9.17) is 24.8 Å². The normalized spacial score (nSPS) is 15.0. The van der Waals surface area contributed by atoms with E-state index < -0.39 is 41.9 Å². The standard InChI is InChI=1S/C23H25FN2O2.C6H8O7/c1-16-21(20-5-3-4-6-22(20)28-16)15-26-13-11-23(12-14-26,25-17(2)27)18-7-9-19(24)10-8-18;7-3(8)1-6(13,5(11)12)2-4(9)10/h3-10H,11-15H2,1-2H3,(H,25,27);13H,1-2H2,(H,7,8)(H,9,10)(H,11,12). The highest BCUT2D eigenvalue weighted by Crippen LogP contribution is 2.35. The second-order valence-electron chi connectivity index (χ2n) is 10.2. The summed E-state index contributed by atoms with van der Waals surface area (Å²) in [6, 6.07) is 14.6. The second kappa shape index (κ2) is 12.9. The first kappa shape index (κ1) is 31.2. The number of halogens is 1. The molecule has 0 aliphatic carbocycles. The van der Waals surface area contributed by atoms with Crippen molar-refractivity contribution in [2.75, 3.05) is 13.1 Å². The molecule has 11 nitrogen and oxygen atoms in total. The summed E-state index contributed by atoms with van der Waals surface area (Å²) in [4.78, 5) is 44.8. The molecule has 1 aliphatic heterocycles. The maximum atomic E-state index is 13.4. The lowest BCUT2D eigenvalue weighted by Gasteiger charge is -2.42. The second-order valence-corrected chi connectivity index (χ2v) is 10.2. The number of nitrogens with one attached hydrogen (secondary N) is 1. The number of piperidine rings is 1. The van der Waals surface area contributed by atoms with Crippen LogP contribution in [0, 0.1) is 12.7 Å². The van der Waals surface area contributed by atoms with Crippen LogP contribution in [0.15, 0.2) is 52.9 Å². The van der Waals surface area contributed by atoms with Crippen LogP contribution in [0.2, 0.25) is 0 Å². The number of hydrogen-bond donors (Lipinski definition) is 5. The number of likely N-dealkylation sites (tertiary alicyclic amines) is 1. The number of nitrogens with zero attached hydrogens (tertiary/aromatic N) is 1. The lowest BCUT2D eigenvalue weighted by molar-refractivity contribution is -0.170. The van der Waals surface area contributed by atoms with Gasteiger partial charge in [-0.05, 0) is 43.5 Å². The average molecular weight is 573 g/mol. The van der Waals surface area contributed by atoms with E-state index in [0.717, 1.165) is 54.8 Å². The summed E-state index contributed by atoms with van der Waals surface area (Å²) in [7, 11) is 0. The third kappa shape index (κ3) is 7.89. The van der Waals surface area contributed by atoms with Crippen LogP contribution in [-0.2, 0) is 31.3 Å². The Balaban J connectivity index is 0.000000302. The van der Waals surface area contributed by atoms with Crippen molar-refractivity contribution in [2.24, 2.45) is 0 Å². The highest BCUT2D eigenvalue weighted by Gasteiger charge is 2.41. The number of aliphatic carboxylic acids is 3. The van der Waals surface area contributed by atoms with Crippen molar-refractivity contribution >= 4 is 34.8 Å². The van der Waals surface area contributed by atoms with E-state index in [2.05, 4.69) is 16.3 Å². The van der Waals surface area contributed by atoms with Gasteiger partial charge in [-0.2, -0.15) is 0 Å². The smallest absolute Gasteiger partial charge is 0.336 e. The van der Waals surface area contributed by atoms with Gasteiger partial charge >= 0.3 is 17.9 Å². The number of benzene rings is 2. The van der Waals surface area contributed by atoms with Crippen molar-refractivity contribution in [3.8, 4) is 0 Å². The number of furan rings is 1. The van der Waals surface area contributed by atoms with Crippen molar-refractivity contribution < 1.29 is 48.4 Å². The first-order valence-corrected chi connectivity index (χ1v) is 12.9. The molecule has 41 heavy (non-hydrogen) atoms. The monoisotopic (exact) mass is 572 g/mol. The van der Waals surface area contributed by atoms with Gasteiger partial charge in [0.1, 0.15) is 17.2 Å². The van der Waals surface area contributed by atoms with Gasteiger partial charge in [-0.1, -0.05) is 30.3 Å². The van der Waals surface area contributed by atoms with Crippen molar-refractivity contribution in [3.05, 3.63) is 71.2 Å². The molecule has 0 unspecified atom stereocenters. The first-order valence-electron chi connectivity index (χ1n) is 12.9. The quantitative estimate of drug-likeness (QED) is 0.256. The molecule has 1 saturated heterocycles. The maximum absolute atomic E-state index is 13.4. The summed E-state index contributed by atoms with van der Waals surface area (Å²) in [5.41, 5.74) is -0.0645. The number of aryl methyl sites for hydroxylation is 1. The molecule has 0 radical (unpaired) electrons. The maximum Gasteiger partial charge on any atom is 0.336 e. The van der Waals surface area contributed by atoms with Crippen LogP contribution in [0.25, 0.3) is 11.0 Å². The Morgan fingerprint density at radius 1 is 0.976 bits per heavy atom. The van der Waals surface area contributed by atoms with Gasteiger partial charge in [0, 0.05) is 37.5 Å². The summed E-state index contributed by atoms with van der Waals surface area (Å²) >= 11 is 0. The molecule has 2 heterocycles. The number of para-hydroxylation sites is 1. The lowest BCUT2D eigenvalue weighted by atomic mass is 9.80. The van der Waals surface area contributed by atoms with Crippen LogP contribution in [0.1, 0.15) is 49.5 Å². The number of carboxylic acids is 3. The molecule has 0 spiro atoms. The largest absolute Gasteiger partial charge is 0.481 e. The van der Waals surface area contributed by atoms with Crippen LogP contribution < -0.4 is 5.32 Å². The molecule has 2 aromatic carbocycles. The van der Waals surface area contributed by atoms with Crippen molar-refractivity contribution in [1.29, 1.82) is 0 Å². The summed E-state index contributed by atoms with van der Waals surface area (Å²) in [6.07, 6.45) is -0.719. The van der Waals surface area contributed by atoms with Crippen LogP contribution in [-0.4, -0.2) is 67.8 Å². The molecule has 1 aromatic heterocycles. The predicted molar refractivity (Wildman–Crippen MR) is 144 cm³/mol. The van der Waals surface area contributed by atoms with Gasteiger partial charge < -0.3 is 30.2 Å². The Bertz CT molecular complexity index is 1390. The molecule has 0 atom stereocenters. The van der Waals surface area contributed by atoms with Crippen molar-refractivity contribution in [3.63, 3.8) is 0 Å². The van der Waals surface area contributed by atoms with Crippen molar-refractivity contribution in [2.45, 2.75) is 57.2 Å². The Morgan fingerprint density at radius 2 is 1.54 bits per heavy atom. The summed E-state index contributed by atoms with van der Waals surface area (Å²) in [5, 5.41) is 38.1. The third-order valence-electron chi connectivity index (χ3n) is 7.09. The highest BCUT2D eigenvalue weighted by molar-refractivity contribution is 5.88. The van der Waals surface area contributed by atoms with Gasteiger partial charge in [0.25, 0.3) is 0 Å². The summed E-state index contributed by atoms with van der Waals surface area (Å²) < 4.78 is 19.3. The van der Waals surface area contributed by atoms with Gasteiger partial charge in [-0.3, -0.25) is 19.3 Å². The molecular weight excluding hydrogens is 539 g/mol. The van der Waals surface area contributed by atoms with E-state index in [0.29, 0.717) is 0 Å². The molecular formula is C29H33FN2O9. The minimum absolute atomic E-state index is 0.0607. The number of rotatable bonds is 9. The number of carbonyl (C=O) groups excluding carboxylic acids is 1. The number of amides is 1. The number of hydrogen-bond acceptors (Lipinski definition) is 7. The fraction of sp³-hybridized carbons (Fsp3) is 0.379. The average Bonchev–Trinajstić information content (AvgIpc) is 3.19. The van der Waals surface area contributed by atoms with Crippen LogP contribution in [0.5, 0.6) is 0 Å². The van der Waals surface area contributed by atoms with Crippen LogP contribution >= 0.6 is 0 Å². The fourth-order valence-corrected chi connectivity index (χ4v) is 5.04. The minimum Gasteiger partial charge on any atom is -0.481 e. The number of fused-ring (bicyclic) bond motifs is 1. The van der Waals surface area contributed by atoms with Gasteiger partial charge in [-0.15, -0.1) is 0 Å². The molecule has 1 aliphatic rings. The van der Waals surface area contributed by atoms with Gasteiger partial charge in [0.05, 0.1) is 18.4 Å². The SMILES string of the molecule is CC(=O)NC1(c2ccc(F)cc2)CCN(Cc2c(C)oc3ccccc23)CC1.O=C(O)CC(O)(CC(=O)O)C(=O)O. The molecule has 0 saturated carbocycles. The van der Waals surface area contributed by atoms with Crippen LogP contribution in [0.4, 0.5) is 4.39 Å². The molecule has 1 fully saturated rings. The van der Waals surface area contributed by atoms with E-state index in [9.17, 15) is 23.6 Å². The zero-order chi connectivity index (χ0) is 30.4. The predicted octanol–water partition coefficient (Wildman–Crippen LogP) is 3.26. The fourth-order valence-electron chi connectivity index (χ4n) is 5.04. The highest BCUT2D eigenvalue weighted by atomic mass is 19.1. The van der Waals surface area contributed by atoms with Gasteiger partial charge in [-0.25, -0.2) is 9.18 Å². The van der Waals surface area contributed by atoms with E-state index in [-0.39, 0.29) is 11.7 Å². The third-order valence-corrected chi connectivity index (χ3v) is 7.09. The zero-order valence-corrected chi connectivity index (χ0v) is 22.7. The molecule has 5 N–H and O–H groups in total. The number of carboxylic acid groups (broad SMARTS) is 3. The Morgan fingerprint density at radius 3 is 2.05 bits per heavy atom. The summed E-state index contributed by atoms with van der Waals surface area (Å²) in [6.45, 7) is 6.06. The van der Waals surface area contributed by atoms with Gasteiger partial charge in [0.2, 0.25) is 5.91 Å². The Kier molecular flexibility index (Phi) is 9.84. The summed E-state index contributed by atoms with van der Waals surface area (Å²) in [5.74, 6) is -4.39. The minimum atomic E-state index is -2.74. The topological polar surface area (TPSA) is 178 Å². The number of aliphatic hydroxyl groups is 1. The molecule has 1 amide bonds. The molecule has 0 bridgehead atoms. The lowest BCUT2D eigenvalue weighted by Crippen LogP contribution is -2.52. The Labute approximate surface area is 235 Å². The molecule has 3 aromatic rings. The van der Waals surface area contributed by atoms with E-state index in [1.165, 1.54) is 17.7 Å². The van der Waals surface area contributed by atoms with E-state index in [1.54, 1.807) is 19.1 Å². The first-order chi connectivity index (χ1) is 19.2. The zero-order valence-electron chi connectivity index (χ0n) is 22.7. The molecule has 12 heteroatoms. The Hall–Kier alpha value is -4.29. The molecule has 220 valence electrons. The van der Waals surface area contributed by atoms with E-state index in [1.807, 2.05) is 25.1 Å².